The van der Waals surface area contributed by atoms with Crippen molar-refractivity contribution < 1.29 is 9.47 Å². The molecular weight excluding hydrogens is 318 g/mol. The highest BCUT2D eigenvalue weighted by Gasteiger charge is 2.11. The average molecular weight is 333 g/mol. The molecule has 7 nitrogen and oxygen atoms in total. The maximum absolute atomic E-state index is 5.77. The first kappa shape index (κ1) is 14.9. The lowest BCUT2D eigenvalue weighted by molar-refractivity contribution is 0.416. The lowest BCUT2D eigenvalue weighted by Gasteiger charge is -2.09. The predicted octanol–water partition coefficient (Wildman–Crippen LogP) is 3.67. The summed E-state index contributed by atoms with van der Waals surface area (Å²) in [7, 11) is 1.62. The van der Waals surface area contributed by atoms with Crippen molar-refractivity contribution in [3.8, 4) is 17.4 Å². The van der Waals surface area contributed by atoms with E-state index in [0.29, 0.717) is 29.0 Å². The van der Waals surface area contributed by atoms with Crippen LogP contribution < -0.4 is 14.8 Å². The molecule has 2 aromatic heterocycles. The first-order valence-corrected chi connectivity index (χ1v) is 7.69. The summed E-state index contributed by atoms with van der Waals surface area (Å²) in [6, 6.07) is 20.6. The predicted molar refractivity (Wildman–Crippen MR) is 93.6 cm³/mol. The van der Waals surface area contributed by atoms with Gasteiger partial charge in [-0.3, -0.25) is 0 Å². The Balaban J connectivity index is 1.67. The van der Waals surface area contributed by atoms with Crippen LogP contribution in [-0.4, -0.2) is 26.9 Å². The van der Waals surface area contributed by atoms with Gasteiger partial charge in [0.05, 0.1) is 12.8 Å². The molecule has 0 aliphatic heterocycles. The number of anilines is 2. The van der Waals surface area contributed by atoms with Gasteiger partial charge in [-0.25, -0.2) is 0 Å². The molecule has 124 valence electrons. The average Bonchev–Trinajstić information content (AvgIpc) is 3.05. The summed E-state index contributed by atoms with van der Waals surface area (Å²) in [6.45, 7) is 0. The van der Waals surface area contributed by atoms with Gasteiger partial charge in [-0.15, -0.1) is 15.3 Å². The van der Waals surface area contributed by atoms with E-state index in [9.17, 15) is 0 Å². The molecule has 2 aromatic carbocycles. The quantitative estimate of drug-likeness (QED) is 0.601. The van der Waals surface area contributed by atoms with E-state index in [1.54, 1.807) is 23.8 Å². The topological polar surface area (TPSA) is 73.6 Å². The molecule has 4 rings (SSSR count). The Morgan fingerprint density at radius 1 is 0.880 bits per heavy atom. The number of para-hydroxylation sites is 3. The lowest BCUT2D eigenvalue weighted by atomic mass is 10.3. The number of aromatic nitrogens is 4. The number of hydrogen-bond acceptors (Lipinski definition) is 6. The molecule has 4 aromatic rings. The van der Waals surface area contributed by atoms with Gasteiger partial charge in [-0.1, -0.05) is 30.3 Å². The Kier molecular flexibility index (Phi) is 3.88. The van der Waals surface area contributed by atoms with Crippen LogP contribution in [0.5, 0.6) is 17.4 Å². The fourth-order valence-electron chi connectivity index (χ4n) is 2.38. The van der Waals surface area contributed by atoms with E-state index in [1.165, 1.54) is 0 Å². The molecule has 0 fully saturated rings. The summed E-state index contributed by atoms with van der Waals surface area (Å²) in [5.74, 6) is 2.33. The first-order chi connectivity index (χ1) is 12.3. The van der Waals surface area contributed by atoms with Crippen LogP contribution in [0, 0.1) is 0 Å². The molecule has 25 heavy (non-hydrogen) atoms. The Morgan fingerprint density at radius 2 is 1.68 bits per heavy atom. The Hall–Kier alpha value is -3.61. The fraction of sp³-hybridized carbons (Fsp3) is 0.0556. The van der Waals surface area contributed by atoms with Crippen molar-refractivity contribution in [2.24, 2.45) is 0 Å². The standard InChI is InChI=1S/C18H15N5O2/c1-24-15-10-6-5-9-14(15)19-18-21-20-16-11-12-17(22-23(16)18)25-13-7-3-2-4-8-13/h2-12H,1H3,(H,19,21). The highest BCUT2D eigenvalue weighted by Crippen LogP contribution is 2.26. The molecule has 0 saturated carbocycles. The van der Waals surface area contributed by atoms with E-state index in [1.807, 2.05) is 54.6 Å². The van der Waals surface area contributed by atoms with Crippen molar-refractivity contribution in [1.29, 1.82) is 0 Å². The zero-order chi connectivity index (χ0) is 17.1. The zero-order valence-corrected chi connectivity index (χ0v) is 13.5. The van der Waals surface area contributed by atoms with Crippen LogP contribution in [0.1, 0.15) is 0 Å². The maximum Gasteiger partial charge on any atom is 0.250 e. The summed E-state index contributed by atoms with van der Waals surface area (Å²) >= 11 is 0. The fourth-order valence-corrected chi connectivity index (χ4v) is 2.38. The number of methoxy groups -OCH3 is 1. The van der Waals surface area contributed by atoms with Gasteiger partial charge in [0.2, 0.25) is 5.88 Å². The molecule has 0 unspecified atom stereocenters. The second-order valence-corrected chi connectivity index (χ2v) is 5.21. The van der Waals surface area contributed by atoms with Crippen LogP contribution >= 0.6 is 0 Å². The van der Waals surface area contributed by atoms with Gasteiger partial charge in [0, 0.05) is 6.07 Å². The third kappa shape index (κ3) is 3.07. The summed E-state index contributed by atoms with van der Waals surface area (Å²) in [4.78, 5) is 0. The van der Waals surface area contributed by atoms with Crippen molar-refractivity contribution in [1.82, 2.24) is 19.8 Å². The van der Waals surface area contributed by atoms with Crippen LogP contribution in [0.2, 0.25) is 0 Å². The van der Waals surface area contributed by atoms with Crippen molar-refractivity contribution in [3.63, 3.8) is 0 Å². The van der Waals surface area contributed by atoms with Gasteiger partial charge in [0.15, 0.2) is 5.65 Å². The van der Waals surface area contributed by atoms with Gasteiger partial charge in [0.1, 0.15) is 11.5 Å². The molecule has 0 bridgehead atoms. The molecule has 7 heteroatoms. The number of rotatable bonds is 5. The molecule has 0 amide bonds. The van der Waals surface area contributed by atoms with E-state index in [-0.39, 0.29) is 0 Å². The van der Waals surface area contributed by atoms with Crippen molar-refractivity contribution in [3.05, 3.63) is 66.7 Å². The molecule has 0 atom stereocenters. The minimum Gasteiger partial charge on any atom is -0.495 e. The van der Waals surface area contributed by atoms with E-state index in [2.05, 4.69) is 20.6 Å². The second kappa shape index (κ2) is 6.48. The normalized spacial score (nSPS) is 10.6. The van der Waals surface area contributed by atoms with Crippen molar-refractivity contribution >= 4 is 17.3 Å². The number of ether oxygens (including phenoxy) is 2. The van der Waals surface area contributed by atoms with Crippen LogP contribution in [0.25, 0.3) is 5.65 Å². The Labute approximate surface area is 143 Å². The zero-order valence-electron chi connectivity index (χ0n) is 13.5. The second-order valence-electron chi connectivity index (χ2n) is 5.21. The van der Waals surface area contributed by atoms with Gasteiger partial charge < -0.3 is 14.8 Å². The van der Waals surface area contributed by atoms with Crippen LogP contribution in [-0.2, 0) is 0 Å². The van der Waals surface area contributed by atoms with Gasteiger partial charge in [-0.2, -0.15) is 4.52 Å². The smallest absolute Gasteiger partial charge is 0.250 e. The van der Waals surface area contributed by atoms with Gasteiger partial charge in [-0.05, 0) is 30.3 Å². The molecule has 1 N–H and O–H groups in total. The van der Waals surface area contributed by atoms with Crippen LogP contribution in [0.15, 0.2) is 66.7 Å². The molecule has 2 heterocycles. The highest BCUT2D eigenvalue weighted by atomic mass is 16.5. The lowest BCUT2D eigenvalue weighted by Crippen LogP contribution is -2.02. The SMILES string of the molecule is COc1ccccc1Nc1nnc2ccc(Oc3ccccc3)nn12. The minimum atomic E-state index is 0.446. The Morgan fingerprint density at radius 3 is 2.52 bits per heavy atom. The van der Waals surface area contributed by atoms with E-state index >= 15 is 0 Å². The van der Waals surface area contributed by atoms with E-state index in [4.69, 9.17) is 9.47 Å². The van der Waals surface area contributed by atoms with E-state index in [0.717, 1.165) is 5.69 Å². The maximum atomic E-state index is 5.77. The molecule has 0 aliphatic rings. The van der Waals surface area contributed by atoms with Crippen LogP contribution in [0.4, 0.5) is 11.6 Å². The highest BCUT2D eigenvalue weighted by molar-refractivity contribution is 5.63. The molecule has 0 radical (unpaired) electrons. The molecular formula is C18H15N5O2. The van der Waals surface area contributed by atoms with Crippen LogP contribution in [0.3, 0.4) is 0 Å². The number of fused-ring (bicyclic) bond motifs is 1. The van der Waals surface area contributed by atoms with Crippen molar-refractivity contribution in [2.45, 2.75) is 0 Å². The van der Waals surface area contributed by atoms with Gasteiger partial charge in [0.25, 0.3) is 5.95 Å². The summed E-state index contributed by atoms with van der Waals surface area (Å²) in [5.41, 5.74) is 1.38. The first-order valence-electron chi connectivity index (χ1n) is 7.69. The minimum absolute atomic E-state index is 0.446. The Bertz CT molecular complexity index is 1000. The molecule has 0 saturated heterocycles. The largest absolute Gasteiger partial charge is 0.495 e. The molecule has 0 aliphatic carbocycles. The van der Waals surface area contributed by atoms with E-state index < -0.39 is 0 Å². The monoisotopic (exact) mass is 333 g/mol. The number of nitrogens with one attached hydrogen (secondary N) is 1. The number of benzene rings is 2. The molecule has 0 spiro atoms. The third-order valence-corrected chi connectivity index (χ3v) is 3.56. The number of hydrogen-bond donors (Lipinski definition) is 1. The summed E-state index contributed by atoms with van der Waals surface area (Å²) in [5, 5.41) is 15.9. The third-order valence-electron chi connectivity index (χ3n) is 3.56. The summed E-state index contributed by atoms with van der Waals surface area (Å²) < 4.78 is 12.7. The van der Waals surface area contributed by atoms with Crippen molar-refractivity contribution in [2.75, 3.05) is 12.4 Å². The number of nitrogens with zero attached hydrogens (tertiary/aromatic N) is 4. The summed E-state index contributed by atoms with van der Waals surface area (Å²) in [6.07, 6.45) is 0. The van der Waals surface area contributed by atoms with Gasteiger partial charge >= 0.3 is 0 Å².